The molecule has 4 nitrogen and oxygen atoms in total. The third-order valence-electron chi connectivity index (χ3n) is 5.70. The number of carbonyl (C=O) groups is 2. The van der Waals surface area contributed by atoms with Crippen LogP contribution in [0.2, 0.25) is 0 Å². The van der Waals surface area contributed by atoms with Crippen molar-refractivity contribution in [2.45, 2.75) is 38.5 Å². The van der Waals surface area contributed by atoms with Crippen LogP contribution in [-0.4, -0.2) is 61.6 Å². The molecule has 4 bridgehead atoms. The summed E-state index contributed by atoms with van der Waals surface area (Å²) < 4.78 is 0. The molecule has 0 aromatic carbocycles. The lowest BCUT2D eigenvalue weighted by molar-refractivity contribution is -0.125. The van der Waals surface area contributed by atoms with Crippen LogP contribution in [0.4, 0.5) is 0 Å². The van der Waals surface area contributed by atoms with Gasteiger partial charge in [0.05, 0.1) is 6.54 Å². The molecule has 0 spiro atoms. The first-order valence-electron chi connectivity index (χ1n) is 8.88. The van der Waals surface area contributed by atoms with Crippen molar-refractivity contribution in [3.8, 4) is 0 Å². The molecule has 2 aliphatic carbocycles. The van der Waals surface area contributed by atoms with Crippen LogP contribution in [0.15, 0.2) is 0 Å². The molecule has 3 heterocycles. The van der Waals surface area contributed by atoms with E-state index in [0.29, 0.717) is 29.9 Å². The summed E-state index contributed by atoms with van der Waals surface area (Å²) in [5.41, 5.74) is 0. The summed E-state index contributed by atoms with van der Waals surface area (Å²) in [6.45, 7) is 4.11. The van der Waals surface area contributed by atoms with Gasteiger partial charge in [0.25, 0.3) is 0 Å². The lowest BCUT2D eigenvalue weighted by atomic mass is 9.71. The minimum absolute atomic E-state index is 0.440. The van der Waals surface area contributed by atoms with E-state index in [0.717, 1.165) is 50.7 Å². The Bertz CT molecular complexity index is 407. The molecule has 0 aromatic heterocycles. The normalized spacial score (nSPS) is 39.2. The average Bonchev–Trinajstić information content (AvgIpc) is 2.32. The molecular weight excluding hydrogens is 276 g/mol. The van der Waals surface area contributed by atoms with Crippen LogP contribution < -0.4 is 0 Å². The quantitative estimate of drug-likeness (QED) is 0.685. The average molecular weight is 306 g/mol. The Balaban J connectivity index is 0.000000131. The Morgan fingerprint density at radius 3 is 1.82 bits per heavy atom. The molecule has 5 aliphatic rings. The summed E-state index contributed by atoms with van der Waals surface area (Å²) in [6, 6.07) is 0. The molecule has 22 heavy (non-hydrogen) atoms. The molecule has 0 aromatic rings. The lowest BCUT2D eigenvalue weighted by Crippen LogP contribution is -2.42. The standard InChI is InChI=1S/2C9H15NO/c1-10-5-7-2-8(6-10)4-9(11)3-7;1-10-5-8-2-7(3-8)4-9(11)6-10/h2*7-8H,2-6H2,1H3. The Hall–Kier alpha value is -0.740. The summed E-state index contributed by atoms with van der Waals surface area (Å²) in [5, 5.41) is 0. The third kappa shape index (κ3) is 4.17. The molecule has 4 heteroatoms. The van der Waals surface area contributed by atoms with Gasteiger partial charge in [0, 0.05) is 38.9 Å². The van der Waals surface area contributed by atoms with Crippen LogP contribution in [0, 0.1) is 23.7 Å². The number of piperidine rings is 1. The first-order valence-corrected chi connectivity index (χ1v) is 8.88. The van der Waals surface area contributed by atoms with Crippen molar-refractivity contribution >= 4 is 11.6 Å². The zero-order valence-electron chi connectivity index (χ0n) is 14.1. The molecule has 2 saturated carbocycles. The first kappa shape index (κ1) is 16.1. The predicted molar refractivity (Wildman–Crippen MR) is 86.7 cm³/mol. The fraction of sp³-hybridized carbons (Fsp3) is 0.889. The Morgan fingerprint density at radius 1 is 0.682 bits per heavy atom. The van der Waals surface area contributed by atoms with Gasteiger partial charge in [-0.25, -0.2) is 0 Å². The van der Waals surface area contributed by atoms with Gasteiger partial charge < -0.3 is 4.90 Å². The molecule has 3 saturated heterocycles. The van der Waals surface area contributed by atoms with Gasteiger partial charge in [0.15, 0.2) is 0 Å². The summed E-state index contributed by atoms with van der Waals surface area (Å²) in [5.74, 6) is 3.95. The number of fused-ring (bicyclic) bond motifs is 6. The van der Waals surface area contributed by atoms with Gasteiger partial charge in [0.1, 0.15) is 11.6 Å². The predicted octanol–water partition coefficient (Wildman–Crippen LogP) is 1.83. The van der Waals surface area contributed by atoms with E-state index in [4.69, 9.17) is 0 Å². The van der Waals surface area contributed by atoms with E-state index in [1.165, 1.54) is 19.3 Å². The van der Waals surface area contributed by atoms with Crippen molar-refractivity contribution < 1.29 is 9.59 Å². The first-order chi connectivity index (χ1) is 10.5. The van der Waals surface area contributed by atoms with E-state index < -0.39 is 0 Å². The number of likely N-dealkylation sites (N-methyl/N-ethyl adjacent to an activating group) is 1. The molecule has 2 unspecified atom stereocenters. The number of rotatable bonds is 0. The molecule has 5 fully saturated rings. The minimum Gasteiger partial charge on any atom is -0.306 e. The molecule has 3 aliphatic heterocycles. The number of ketones is 2. The van der Waals surface area contributed by atoms with Gasteiger partial charge in [-0.2, -0.15) is 0 Å². The van der Waals surface area contributed by atoms with Crippen LogP contribution in [0.1, 0.15) is 38.5 Å². The van der Waals surface area contributed by atoms with Crippen molar-refractivity contribution in [1.82, 2.24) is 9.80 Å². The zero-order valence-corrected chi connectivity index (χ0v) is 14.1. The highest BCUT2D eigenvalue weighted by Gasteiger charge is 2.34. The van der Waals surface area contributed by atoms with Crippen molar-refractivity contribution in [2.75, 3.05) is 40.3 Å². The molecule has 124 valence electrons. The SMILES string of the molecule is CN1CC(=O)CC2CC(C2)C1.CN1CC2CC(=O)CC(C2)C1. The smallest absolute Gasteiger partial charge is 0.147 e. The molecule has 0 amide bonds. The van der Waals surface area contributed by atoms with Gasteiger partial charge >= 0.3 is 0 Å². The van der Waals surface area contributed by atoms with Gasteiger partial charge in [-0.05, 0) is 57.0 Å². The summed E-state index contributed by atoms with van der Waals surface area (Å²) in [7, 11) is 4.21. The third-order valence-corrected chi connectivity index (χ3v) is 5.70. The van der Waals surface area contributed by atoms with E-state index in [1.54, 1.807) is 0 Å². The Morgan fingerprint density at radius 2 is 1.18 bits per heavy atom. The van der Waals surface area contributed by atoms with Crippen LogP contribution in [-0.2, 0) is 9.59 Å². The summed E-state index contributed by atoms with van der Waals surface area (Å²) in [6.07, 6.45) is 6.45. The van der Waals surface area contributed by atoms with Gasteiger partial charge in [-0.1, -0.05) is 0 Å². The largest absolute Gasteiger partial charge is 0.306 e. The molecule has 2 atom stereocenters. The molecular formula is C18H30N2O2. The minimum atomic E-state index is 0.440. The fourth-order valence-electron chi connectivity index (χ4n) is 4.98. The lowest BCUT2D eigenvalue weighted by Gasteiger charge is -2.40. The van der Waals surface area contributed by atoms with E-state index in [9.17, 15) is 9.59 Å². The van der Waals surface area contributed by atoms with Crippen LogP contribution in [0.25, 0.3) is 0 Å². The highest BCUT2D eigenvalue weighted by atomic mass is 16.1. The molecule has 0 radical (unpaired) electrons. The number of Topliss-reactive ketones (excluding diaryl/α,β-unsaturated/α-hetero) is 2. The number of hydrogen-bond acceptors (Lipinski definition) is 4. The highest BCUT2D eigenvalue weighted by Crippen LogP contribution is 2.37. The van der Waals surface area contributed by atoms with E-state index in [-0.39, 0.29) is 0 Å². The number of likely N-dealkylation sites (tertiary alicyclic amines) is 1. The van der Waals surface area contributed by atoms with Crippen LogP contribution in [0.3, 0.4) is 0 Å². The van der Waals surface area contributed by atoms with Crippen molar-refractivity contribution in [3.05, 3.63) is 0 Å². The maximum absolute atomic E-state index is 11.2. The topological polar surface area (TPSA) is 40.6 Å². The summed E-state index contributed by atoms with van der Waals surface area (Å²) >= 11 is 0. The van der Waals surface area contributed by atoms with Crippen LogP contribution in [0.5, 0.6) is 0 Å². The Kier molecular flexibility index (Phi) is 4.98. The maximum Gasteiger partial charge on any atom is 0.147 e. The fourth-order valence-corrected chi connectivity index (χ4v) is 4.98. The monoisotopic (exact) mass is 306 g/mol. The second-order valence-electron chi connectivity index (χ2n) is 8.28. The second kappa shape index (κ2) is 6.79. The van der Waals surface area contributed by atoms with Crippen molar-refractivity contribution in [3.63, 3.8) is 0 Å². The Labute approximate surface area is 134 Å². The molecule has 0 N–H and O–H groups in total. The van der Waals surface area contributed by atoms with Gasteiger partial charge in [0.2, 0.25) is 0 Å². The maximum atomic E-state index is 11.2. The van der Waals surface area contributed by atoms with E-state index in [1.807, 2.05) is 0 Å². The highest BCUT2D eigenvalue weighted by molar-refractivity contribution is 5.81. The number of carbonyl (C=O) groups excluding carboxylic acids is 2. The van der Waals surface area contributed by atoms with Gasteiger partial charge in [-0.3, -0.25) is 14.5 Å². The summed E-state index contributed by atoms with van der Waals surface area (Å²) in [4.78, 5) is 26.9. The van der Waals surface area contributed by atoms with Crippen LogP contribution >= 0.6 is 0 Å². The zero-order chi connectivity index (χ0) is 15.7. The van der Waals surface area contributed by atoms with E-state index in [2.05, 4.69) is 23.9 Å². The number of hydrogen-bond donors (Lipinski definition) is 0. The van der Waals surface area contributed by atoms with Crippen molar-refractivity contribution in [1.29, 1.82) is 0 Å². The number of nitrogens with zero attached hydrogens (tertiary/aromatic N) is 2. The second-order valence-corrected chi connectivity index (χ2v) is 8.28. The molecule has 5 rings (SSSR count). The van der Waals surface area contributed by atoms with Crippen molar-refractivity contribution in [2.24, 2.45) is 23.7 Å². The van der Waals surface area contributed by atoms with E-state index >= 15 is 0 Å². The van der Waals surface area contributed by atoms with Gasteiger partial charge in [-0.15, -0.1) is 0 Å².